The summed E-state index contributed by atoms with van der Waals surface area (Å²) < 4.78 is 26.8. The normalized spacial score (nSPS) is 22.6. The summed E-state index contributed by atoms with van der Waals surface area (Å²) in [4.78, 5) is 2.20. The summed E-state index contributed by atoms with van der Waals surface area (Å²) in [6.07, 6.45) is 0. The van der Waals surface area contributed by atoms with Gasteiger partial charge in [-0.15, -0.1) is 0 Å². The van der Waals surface area contributed by atoms with Crippen molar-refractivity contribution in [3.8, 4) is 0 Å². The van der Waals surface area contributed by atoms with E-state index in [9.17, 15) is 8.42 Å². The molecule has 0 aliphatic carbocycles. The highest BCUT2D eigenvalue weighted by molar-refractivity contribution is 7.89. The van der Waals surface area contributed by atoms with Crippen LogP contribution in [-0.4, -0.2) is 50.3 Å². The van der Waals surface area contributed by atoms with Gasteiger partial charge < -0.3 is 10.6 Å². The van der Waals surface area contributed by atoms with E-state index in [0.717, 1.165) is 0 Å². The fraction of sp³-hybridized carbons (Fsp3) is 0.500. The summed E-state index contributed by atoms with van der Waals surface area (Å²) in [6, 6.07) is 4.44. The number of hydrogen-bond donors (Lipinski definition) is 1. The molecule has 5 nitrogen and oxygen atoms in total. The molecular weight excluding hydrogens is 286 g/mol. The van der Waals surface area contributed by atoms with E-state index in [2.05, 4.69) is 4.90 Å². The molecule has 1 aliphatic rings. The lowest BCUT2D eigenvalue weighted by molar-refractivity contribution is 0.170. The van der Waals surface area contributed by atoms with Crippen LogP contribution < -0.4 is 5.73 Å². The van der Waals surface area contributed by atoms with Crippen LogP contribution >= 0.6 is 11.6 Å². The third kappa shape index (κ3) is 2.86. The highest BCUT2D eigenvalue weighted by atomic mass is 35.5. The first-order chi connectivity index (χ1) is 8.82. The quantitative estimate of drug-likeness (QED) is 0.835. The monoisotopic (exact) mass is 303 g/mol. The minimum absolute atomic E-state index is 0.0814. The molecule has 19 heavy (non-hydrogen) atoms. The molecular formula is C12H18ClN3O2S. The second-order valence-electron chi connectivity index (χ2n) is 4.91. The SMILES string of the molecule is CC1CN(C)CCN1S(=O)(=O)c1cc(Cl)ccc1N. The predicted octanol–water partition coefficient (Wildman–Crippen LogP) is 1.25. The van der Waals surface area contributed by atoms with E-state index in [-0.39, 0.29) is 16.6 Å². The Morgan fingerprint density at radius 3 is 2.68 bits per heavy atom. The molecule has 0 saturated carbocycles. The summed E-state index contributed by atoms with van der Waals surface area (Å²) >= 11 is 5.87. The van der Waals surface area contributed by atoms with Gasteiger partial charge >= 0.3 is 0 Å². The van der Waals surface area contributed by atoms with E-state index >= 15 is 0 Å². The van der Waals surface area contributed by atoms with Gasteiger partial charge in [0.2, 0.25) is 10.0 Å². The molecule has 0 aromatic heterocycles. The van der Waals surface area contributed by atoms with Crippen molar-refractivity contribution in [3.05, 3.63) is 23.2 Å². The lowest BCUT2D eigenvalue weighted by atomic mass is 10.2. The van der Waals surface area contributed by atoms with Crippen LogP contribution in [0.1, 0.15) is 6.92 Å². The van der Waals surface area contributed by atoms with Crippen LogP contribution in [0, 0.1) is 0 Å². The van der Waals surface area contributed by atoms with Gasteiger partial charge in [0.1, 0.15) is 4.90 Å². The molecule has 0 spiro atoms. The van der Waals surface area contributed by atoms with Crippen LogP contribution in [0.2, 0.25) is 5.02 Å². The van der Waals surface area contributed by atoms with E-state index in [1.807, 2.05) is 14.0 Å². The number of benzene rings is 1. The highest BCUT2D eigenvalue weighted by Gasteiger charge is 2.33. The number of nitrogens with two attached hydrogens (primary N) is 1. The van der Waals surface area contributed by atoms with Gasteiger partial charge in [-0.2, -0.15) is 4.31 Å². The minimum Gasteiger partial charge on any atom is -0.398 e. The Kier molecular flexibility index (Phi) is 4.06. The smallest absolute Gasteiger partial charge is 0.245 e. The number of nitrogens with zero attached hydrogens (tertiary/aromatic N) is 2. The van der Waals surface area contributed by atoms with Crippen LogP contribution in [0.3, 0.4) is 0 Å². The van der Waals surface area contributed by atoms with Gasteiger partial charge in [0, 0.05) is 30.7 Å². The Labute approximate surface area is 119 Å². The first-order valence-electron chi connectivity index (χ1n) is 6.08. The molecule has 0 bridgehead atoms. The fourth-order valence-corrected chi connectivity index (χ4v) is 4.33. The topological polar surface area (TPSA) is 66.6 Å². The van der Waals surface area contributed by atoms with Crippen molar-refractivity contribution >= 4 is 27.3 Å². The van der Waals surface area contributed by atoms with E-state index in [4.69, 9.17) is 17.3 Å². The van der Waals surface area contributed by atoms with Crippen molar-refractivity contribution in [2.45, 2.75) is 17.9 Å². The average Bonchev–Trinajstić information content (AvgIpc) is 2.31. The highest BCUT2D eigenvalue weighted by Crippen LogP contribution is 2.27. The number of nitrogen functional groups attached to an aromatic ring is 1. The zero-order valence-electron chi connectivity index (χ0n) is 11.0. The molecule has 106 valence electrons. The summed E-state index contributed by atoms with van der Waals surface area (Å²) in [5.41, 5.74) is 6.01. The van der Waals surface area contributed by atoms with Crippen molar-refractivity contribution in [3.63, 3.8) is 0 Å². The van der Waals surface area contributed by atoms with Gasteiger partial charge in [0.15, 0.2) is 0 Å². The van der Waals surface area contributed by atoms with Gasteiger partial charge in [-0.3, -0.25) is 0 Å². The molecule has 2 N–H and O–H groups in total. The molecule has 0 radical (unpaired) electrons. The Balaban J connectivity index is 2.39. The summed E-state index contributed by atoms with van der Waals surface area (Å²) in [7, 11) is -1.61. The van der Waals surface area contributed by atoms with Gasteiger partial charge in [0.25, 0.3) is 0 Å². The standard InChI is InChI=1S/C12H18ClN3O2S/c1-9-8-15(2)5-6-16(9)19(17,18)12-7-10(13)3-4-11(12)14/h3-4,7,9H,5-6,8,14H2,1-2H3. The average molecular weight is 304 g/mol. The molecule has 1 heterocycles. The van der Waals surface area contributed by atoms with E-state index in [0.29, 0.717) is 24.7 Å². The van der Waals surface area contributed by atoms with Crippen molar-refractivity contribution in [1.82, 2.24) is 9.21 Å². The number of likely N-dealkylation sites (N-methyl/N-ethyl adjacent to an activating group) is 1. The first kappa shape index (κ1) is 14.6. The molecule has 1 fully saturated rings. The van der Waals surface area contributed by atoms with Crippen LogP contribution in [0.5, 0.6) is 0 Å². The Morgan fingerprint density at radius 2 is 2.05 bits per heavy atom. The second-order valence-corrected chi connectivity index (χ2v) is 7.20. The number of sulfonamides is 1. The van der Waals surface area contributed by atoms with Crippen LogP contribution in [0.4, 0.5) is 5.69 Å². The van der Waals surface area contributed by atoms with Gasteiger partial charge in [-0.1, -0.05) is 11.6 Å². The minimum atomic E-state index is -3.59. The Bertz CT molecular complexity index is 576. The molecule has 1 aromatic carbocycles. The molecule has 1 saturated heterocycles. The molecule has 1 aliphatic heterocycles. The van der Waals surface area contributed by atoms with E-state index < -0.39 is 10.0 Å². The molecule has 7 heteroatoms. The summed E-state index contributed by atoms with van der Waals surface area (Å²) in [6.45, 7) is 3.78. The maximum Gasteiger partial charge on any atom is 0.245 e. The van der Waals surface area contributed by atoms with Crippen molar-refractivity contribution < 1.29 is 8.42 Å². The summed E-state index contributed by atoms with van der Waals surface area (Å²) in [5.74, 6) is 0. The largest absolute Gasteiger partial charge is 0.398 e. The van der Waals surface area contributed by atoms with Crippen molar-refractivity contribution in [2.24, 2.45) is 0 Å². The number of halogens is 1. The Morgan fingerprint density at radius 1 is 1.37 bits per heavy atom. The Hall–Kier alpha value is -0.820. The lowest BCUT2D eigenvalue weighted by Crippen LogP contribution is -2.52. The zero-order chi connectivity index (χ0) is 14.2. The van der Waals surface area contributed by atoms with E-state index in [1.54, 1.807) is 6.07 Å². The van der Waals surface area contributed by atoms with Crippen LogP contribution in [0.15, 0.2) is 23.1 Å². The maximum atomic E-state index is 12.6. The lowest BCUT2D eigenvalue weighted by Gasteiger charge is -2.37. The molecule has 1 unspecified atom stereocenters. The molecule has 2 rings (SSSR count). The third-order valence-corrected chi connectivity index (χ3v) is 5.64. The van der Waals surface area contributed by atoms with E-state index in [1.165, 1.54) is 16.4 Å². The molecule has 1 atom stereocenters. The fourth-order valence-electron chi connectivity index (χ4n) is 2.34. The van der Waals surface area contributed by atoms with Gasteiger partial charge in [-0.25, -0.2) is 8.42 Å². The number of anilines is 1. The van der Waals surface area contributed by atoms with Crippen LogP contribution in [-0.2, 0) is 10.0 Å². The molecule has 0 amide bonds. The maximum absolute atomic E-state index is 12.6. The van der Waals surface area contributed by atoms with Gasteiger partial charge in [-0.05, 0) is 32.2 Å². The second kappa shape index (κ2) is 5.28. The zero-order valence-corrected chi connectivity index (χ0v) is 12.6. The van der Waals surface area contributed by atoms with Crippen LogP contribution in [0.25, 0.3) is 0 Å². The predicted molar refractivity (Wildman–Crippen MR) is 76.7 cm³/mol. The van der Waals surface area contributed by atoms with Crippen molar-refractivity contribution in [2.75, 3.05) is 32.4 Å². The first-order valence-corrected chi connectivity index (χ1v) is 7.89. The van der Waals surface area contributed by atoms with Crippen molar-refractivity contribution in [1.29, 1.82) is 0 Å². The number of hydrogen-bond acceptors (Lipinski definition) is 4. The molecule has 1 aromatic rings. The summed E-state index contributed by atoms with van der Waals surface area (Å²) in [5, 5.41) is 0.370. The third-order valence-electron chi connectivity index (χ3n) is 3.33. The number of piperazine rings is 1. The van der Waals surface area contributed by atoms with Gasteiger partial charge in [0.05, 0.1) is 5.69 Å². The number of rotatable bonds is 2.